The van der Waals surface area contributed by atoms with E-state index in [2.05, 4.69) is 39.5 Å². The fourth-order valence-corrected chi connectivity index (χ4v) is 3.03. The second-order valence-corrected chi connectivity index (χ2v) is 5.61. The number of nitrogens with zero attached hydrogens (tertiary/aromatic N) is 2. The third-order valence-electron chi connectivity index (χ3n) is 4.29. The van der Waals surface area contributed by atoms with E-state index in [-0.39, 0.29) is 0 Å². The zero-order valence-electron chi connectivity index (χ0n) is 14.4. The minimum atomic E-state index is 0.637. The molecule has 0 bridgehead atoms. The van der Waals surface area contributed by atoms with E-state index in [0.29, 0.717) is 6.54 Å². The van der Waals surface area contributed by atoms with Gasteiger partial charge in [-0.1, -0.05) is 18.2 Å². The molecule has 0 atom stereocenters. The molecular formula is C19H23N3O2. The molecule has 0 aliphatic carbocycles. The summed E-state index contributed by atoms with van der Waals surface area (Å²) >= 11 is 0. The Hall–Kier alpha value is -2.69. The van der Waals surface area contributed by atoms with Crippen LogP contribution >= 0.6 is 0 Å². The maximum Gasteiger partial charge on any atom is 0.198 e. The Balaban J connectivity index is 1.74. The van der Waals surface area contributed by atoms with Gasteiger partial charge in [0.2, 0.25) is 0 Å². The van der Waals surface area contributed by atoms with E-state index in [1.165, 1.54) is 11.3 Å². The van der Waals surface area contributed by atoms with Crippen molar-refractivity contribution >= 4 is 11.6 Å². The van der Waals surface area contributed by atoms with Crippen LogP contribution in [0.25, 0.3) is 0 Å². The third kappa shape index (κ3) is 3.15. The van der Waals surface area contributed by atoms with Gasteiger partial charge in [0.05, 0.1) is 14.2 Å². The van der Waals surface area contributed by atoms with E-state index < -0.39 is 0 Å². The lowest BCUT2D eigenvalue weighted by atomic mass is 10.2. The fourth-order valence-electron chi connectivity index (χ4n) is 3.03. The van der Waals surface area contributed by atoms with Crippen LogP contribution in [0.2, 0.25) is 0 Å². The predicted molar refractivity (Wildman–Crippen MR) is 97.2 cm³/mol. The molecule has 1 heterocycles. The molecule has 5 nitrogen and oxygen atoms in total. The highest BCUT2D eigenvalue weighted by Gasteiger charge is 2.22. The van der Waals surface area contributed by atoms with Gasteiger partial charge in [-0.25, -0.2) is 0 Å². The summed E-state index contributed by atoms with van der Waals surface area (Å²) in [6, 6.07) is 14.3. The Morgan fingerprint density at radius 2 is 2.00 bits per heavy atom. The first kappa shape index (κ1) is 16.2. The minimum absolute atomic E-state index is 0.637. The number of methoxy groups -OCH3 is 2. The number of anilines is 1. The molecular weight excluding hydrogens is 302 g/mol. The number of benzene rings is 2. The summed E-state index contributed by atoms with van der Waals surface area (Å²) in [4.78, 5) is 6.67. The molecule has 0 saturated heterocycles. The van der Waals surface area contributed by atoms with Crippen LogP contribution < -0.4 is 19.7 Å². The minimum Gasteiger partial charge on any atom is -0.497 e. The molecule has 5 heteroatoms. The third-order valence-corrected chi connectivity index (χ3v) is 4.29. The van der Waals surface area contributed by atoms with Gasteiger partial charge in [0.15, 0.2) is 5.96 Å². The first-order valence-electron chi connectivity index (χ1n) is 8.04. The maximum absolute atomic E-state index is 5.46. The summed E-state index contributed by atoms with van der Waals surface area (Å²) in [5.74, 6) is 2.46. The molecule has 24 heavy (non-hydrogen) atoms. The highest BCUT2D eigenvalue weighted by atomic mass is 16.5. The van der Waals surface area contributed by atoms with Crippen LogP contribution in [-0.2, 0) is 13.0 Å². The van der Waals surface area contributed by atoms with Crippen molar-refractivity contribution in [3.8, 4) is 11.5 Å². The second-order valence-electron chi connectivity index (χ2n) is 5.61. The summed E-state index contributed by atoms with van der Waals surface area (Å²) in [5.41, 5.74) is 3.65. The average molecular weight is 325 g/mol. The predicted octanol–water partition coefficient (Wildman–Crippen LogP) is 2.84. The van der Waals surface area contributed by atoms with Gasteiger partial charge >= 0.3 is 0 Å². The molecule has 2 aromatic carbocycles. The Morgan fingerprint density at radius 1 is 1.17 bits per heavy atom. The van der Waals surface area contributed by atoms with E-state index >= 15 is 0 Å². The van der Waals surface area contributed by atoms with Crippen molar-refractivity contribution < 1.29 is 9.47 Å². The second kappa shape index (κ2) is 7.25. The molecule has 0 saturated carbocycles. The Labute approximate surface area is 142 Å². The van der Waals surface area contributed by atoms with Crippen molar-refractivity contribution in [1.82, 2.24) is 5.32 Å². The van der Waals surface area contributed by atoms with E-state index in [9.17, 15) is 0 Å². The quantitative estimate of drug-likeness (QED) is 0.693. The Bertz CT molecular complexity index is 743. The van der Waals surface area contributed by atoms with Crippen molar-refractivity contribution in [1.29, 1.82) is 0 Å². The van der Waals surface area contributed by atoms with E-state index in [4.69, 9.17) is 9.47 Å². The molecule has 3 rings (SSSR count). The first-order chi connectivity index (χ1) is 11.8. The number of aliphatic imine (C=N–C) groups is 1. The van der Waals surface area contributed by atoms with Gasteiger partial charge in [-0.05, 0) is 30.2 Å². The smallest absolute Gasteiger partial charge is 0.198 e. The van der Waals surface area contributed by atoms with Gasteiger partial charge in [0.1, 0.15) is 11.5 Å². The fraction of sp³-hybridized carbons (Fsp3) is 0.316. The molecule has 0 spiro atoms. The molecule has 0 radical (unpaired) electrons. The lowest BCUT2D eigenvalue weighted by molar-refractivity contribution is 0.390. The van der Waals surface area contributed by atoms with Crippen LogP contribution in [0, 0.1) is 0 Å². The maximum atomic E-state index is 5.46. The summed E-state index contributed by atoms with van der Waals surface area (Å²) < 4.78 is 10.7. The molecule has 0 aromatic heterocycles. The Kier molecular flexibility index (Phi) is 4.89. The number of hydrogen-bond acceptors (Lipinski definition) is 3. The van der Waals surface area contributed by atoms with Gasteiger partial charge in [-0.3, -0.25) is 4.99 Å². The van der Waals surface area contributed by atoms with Crippen LogP contribution in [0.15, 0.2) is 47.5 Å². The zero-order valence-corrected chi connectivity index (χ0v) is 14.4. The monoisotopic (exact) mass is 325 g/mol. The van der Waals surface area contributed by atoms with E-state index in [0.717, 1.165) is 36.0 Å². The van der Waals surface area contributed by atoms with Crippen LogP contribution in [0.5, 0.6) is 11.5 Å². The van der Waals surface area contributed by atoms with Crippen molar-refractivity contribution in [3.63, 3.8) is 0 Å². The highest BCUT2D eigenvalue weighted by Crippen LogP contribution is 2.28. The largest absolute Gasteiger partial charge is 0.497 e. The van der Waals surface area contributed by atoms with E-state index in [1.807, 2.05) is 25.2 Å². The van der Waals surface area contributed by atoms with Crippen LogP contribution in [0.1, 0.15) is 11.1 Å². The molecule has 1 aliphatic rings. The number of para-hydroxylation sites is 1. The number of nitrogens with one attached hydrogen (secondary N) is 1. The standard InChI is InChI=1S/C19H23N3O2/c1-20-19(22-11-10-14-6-4-5-7-17(14)22)21-13-15-8-9-16(23-2)12-18(15)24-3/h4-9,12H,10-11,13H2,1-3H3,(H,20,21). The summed E-state index contributed by atoms with van der Waals surface area (Å²) in [6.45, 7) is 1.58. The number of ether oxygens (including phenoxy) is 2. The SMILES string of the molecule is CN=C(NCc1ccc(OC)cc1OC)N1CCc2ccccc21. The van der Waals surface area contributed by atoms with Gasteiger partial charge in [-0.2, -0.15) is 0 Å². The van der Waals surface area contributed by atoms with Crippen molar-refractivity contribution in [2.24, 2.45) is 4.99 Å². The molecule has 1 N–H and O–H groups in total. The molecule has 2 aromatic rings. The van der Waals surface area contributed by atoms with Crippen LogP contribution in [-0.4, -0.2) is 33.8 Å². The van der Waals surface area contributed by atoms with Gasteiger partial charge < -0.3 is 19.7 Å². The molecule has 0 fully saturated rings. The Morgan fingerprint density at radius 3 is 2.75 bits per heavy atom. The molecule has 0 amide bonds. The number of fused-ring (bicyclic) bond motifs is 1. The van der Waals surface area contributed by atoms with Crippen molar-refractivity contribution in [2.45, 2.75) is 13.0 Å². The topological polar surface area (TPSA) is 46.1 Å². The zero-order chi connectivity index (χ0) is 16.9. The van der Waals surface area contributed by atoms with Crippen LogP contribution in [0.4, 0.5) is 5.69 Å². The molecule has 1 aliphatic heterocycles. The normalized spacial score (nSPS) is 13.6. The van der Waals surface area contributed by atoms with Gasteiger partial charge in [0, 0.05) is 37.5 Å². The average Bonchev–Trinajstić information content (AvgIpc) is 3.06. The first-order valence-corrected chi connectivity index (χ1v) is 8.04. The summed E-state index contributed by atoms with van der Waals surface area (Å²) in [6.07, 6.45) is 1.04. The number of hydrogen-bond donors (Lipinski definition) is 1. The summed E-state index contributed by atoms with van der Waals surface area (Å²) in [7, 11) is 5.14. The number of rotatable bonds is 4. The lowest BCUT2D eigenvalue weighted by Gasteiger charge is -2.22. The van der Waals surface area contributed by atoms with E-state index in [1.54, 1.807) is 14.2 Å². The van der Waals surface area contributed by atoms with Crippen molar-refractivity contribution in [3.05, 3.63) is 53.6 Å². The van der Waals surface area contributed by atoms with Gasteiger partial charge in [-0.15, -0.1) is 0 Å². The summed E-state index contributed by atoms with van der Waals surface area (Å²) in [5, 5.41) is 3.44. The molecule has 126 valence electrons. The van der Waals surface area contributed by atoms with Gasteiger partial charge in [0.25, 0.3) is 0 Å². The van der Waals surface area contributed by atoms with Crippen molar-refractivity contribution in [2.75, 3.05) is 32.7 Å². The highest BCUT2D eigenvalue weighted by molar-refractivity contribution is 5.97. The van der Waals surface area contributed by atoms with Crippen LogP contribution in [0.3, 0.4) is 0 Å². The number of guanidine groups is 1. The molecule has 0 unspecified atom stereocenters. The lowest BCUT2D eigenvalue weighted by Crippen LogP contribution is -2.40.